The molecule has 1 atom stereocenters. The van der Waals surface area contributed by atoms with E-state index in [-0.39, 0.29) is 24.4 Å². The quantitative estimate of drug-likeness (QED) is 0.779. The minimum Gasteiger partial charge on any atom is -0.340 e. The molecule has 3 nitrogen and oxygen atoms in total. The first-order valence-electron chi connectivity index (χ1n) is 6.21. The van der Waals surface area contributed by atoms with Crippen molar-refractivity contribution in [1.82, 2.24) is 4.90 Å². The molecular formula is C14H23ClN2OS2. The van der Waals surface area contributed by atoms with Gasteiger partial charge in [-0.3, -0.25) is 4.79 Å². The maximum absolute atomic E-state index is 12.1. The Morgan fingerprint density at radius 1 is 1.40 bits per heavy atom. The number of benzene rings is 1. The van der Waals surface area contributed by atoms with Gasteiger partial charge in [-0.2, -0.15) is 11.8 Å². The molecule has 1 aromatic carbocycles. The molecule has 1 aromatic rings. The van der Waals surface area contributed by atoms with Gasteiger partial charge < -0.3 is 10.6 Å². The van der Waals surface area contributed by atoms with Crippen molar-refractivity contribution in [2.75, 3.05) is 25.3 Å². The lowest BCUT2D eigenvalue weighted by Crippen LogP contribution is -2.41. The molecule has 0 radical (unpaired) electrons. The number of carbonyl (C=O) groups is 1. The van der Waals surface area contributed by atoms with Crippen LogP contribution >= 0.6 is 35.9 Å². The van der Waals surface area contributed by atoms with Gasteiger partial charge in [0, 0.05) is 18.5 Å². The number of rotatable bonds is 7. The molecule has 6 heteroatoms. The van der Waals surface area contributed by atoms with Gasteiger partial charge in [0.1, 0.15) is 0 Å². The van der Waals surface area contributed by atoms with Crippen molar-refractivity contribution in [3.63, 3.8) is 0 Å². The van der Waals surface area contributed by atoms with Crippen molar-refractivity contribution in [2.24, 2.45) is 5.73 Å². The molecule has 0 aromatic heterocycles. The van der Waals surface area contributed by atoms with Crippen molar-refractivity contribution in [3.8, 4) is 0 Å². The van der Waals surface area contributed by atoms with Crippen LogP contribution in [0.1, 0.15) is 12.0 Å². The molecule has 0 aliphatic rings. The van der Waals surface area contributed by atoms with E-state index in [4.69, 9.17) is 5.73 Å². The van der Waals surface area contributed by atoms with E-state index >= 15 is 0 Å². The number of amides is 1. The molecule has 0 saturated carbocycles. The minimum absolute atomic E-state index is 0. The van der Waals surface area contributed by atoms with Crippen molar-refractivity contribution < 1.29 is 4.79 Å². The molecule has 20 heavy (non-hydrogen) atoms. The van der Waals surface area contributed by atoms with E-state index in [1.54, 1.807) is 28.4 Å². The highest BCUT2D eigenvalue weighted by Gasteiger charge is 2.17. The molecule has 0 bridgehead atoms. The number of halogens is 1. The minimum atomic E-state index is -0.388. The fourth-order valence-electron chi connectivity index (χ4n) is 1.77. The second-order valence-electron chi connectivity index (χ2n) is 4.43. The molecule has 1 rings (SSSR count). The molecule has 2 N–H and O–H groups in total. The first kappa shape index (κ1) is 19.6. The van der Waals surface area contributed by atoms with Crippen molar-refractivity contribution in [2.45, 2.75) is 23.9 Å². The van der Waals surface area contributed by atoms with Gasteiger partial charge in [-0.1, -0.05) is 12.1 Å². The molecule has 1 amide bonds. The summed E-state index contributed by atoms with van der Waals surface area (Å²) in [6.45, 7) is 0.611. The van der Waals surface area contributed by atoms with Gasteiger partial charge in [0.25, 0.3) is 0 Å². The summed E-state index contributed by atoms with van der Waals surface area (Å²) in [7, 11) is 1.81. The Morgan fingerprint density at radius 2 is 2.10 bits per heavy atom. The Bertz CT molecular complexity index is 418. The van der Waals surface area contributed by atoms with Gasteiger partial charge in [0.05, 0.1) is 6.04 Å². The number of nitrogens with two attached hydrogens (primary N) is 1. The summed E-state index contributed by atoms with van der Waals surface area (Å²) in [6.07, 6.45) is 4.80. The van der Waals surface area contributed by atoms with Crippen LogP contribution in [-0.4, -0.2) is 42.2 Å². The smallest absolute Gasteiger partial charge is 0.239 e. The lowest BCUT2D eigenvalue weighted by Gasteiger charge is -2.21. The lowest BCUT2D eigenvalue weighted by molar-refractivity contribution is -0.131. The van der Waals surface area contributed by atoms with Gasteiger partial charge in [-0.25, -0.2) is 0 Å². The highest BCUT2D eigenvalue weighted by Crippen LogP contribution is 2.17. The third kappa shape index (κ3) is 6.39. The summed E-state index contributed by atoms with van der Waals surface area (Å²) >= 11 is 3.42. The molecule has 0 aliphatic heterocycles. The zero-order valence-corrected chi connectivity index (χ0v) is 14.6. The van der Waals surface area contributed by atoms with Crippen LogP contribution in [0.2, 0.25) is 0 Å². The Labute approximate surface area is 136 Å². The molecule has 0 aliphatic carbocycles. The van der Waals surface area contributed by atoms with Crippen LogP contribution in [0.4, 0.5) is 0 Å². The molecule has 0 fully saturated rings. The van der Waals surface area contributed by atoms with Gasteiger partial charge >= 0.3 is 0 Å². The zero-order valence-electron chi connectivity index (χ0n) is 12.2. The van der Waals surface area contributed by atoms with E-state index in [2.05, 4.69) is 12.1 Å². The summed E-state index contributed by atoms with van der Waals surface area (Å²) in [6, 6.07) is 7.85. The average Bonchev–Trinajstić information content (AvgIpc) is 2.43. The van der Waals surface area contributed by atoms with E-state index in [1.165, 1.54) is 4.90 Å². The van der Waals surface area contributed by atoms with Crippen LogP contribution in [0.5, 0.6) is 0 Å². The molecule has 0 heterocycles. The summed E-state index contributed by atoms with van der Waals surface area (Å²) in [5, 5.41) is 0. The maximum Gasteiger partial charge on any atom is 0.239 e. The molecule has 0 unspecified atom stereocenters. The van der Waals surface area contributed by atoms with Crippen LogP contribution in [0.3, 0.4) is 0 Å². The van der Waals surface area contributed by atoms with Crippen LogP contribution in [0, 0.1) is 0 Å². The molecular weight excluding hydrogens is 312 g/mol. The second-order valence-corrected chi connectivity index (χ2v) is 6.30. The second kappa shape index (κ2) is 10.4. The van der Waals surface area contributed by atoms with E-state index in [0.29, 0.717) is 6.54 Å². The van der Waals surface area contributed by atoms with Gasteiger partial charge in [0.15, 0.2) is 0 Å². The van der Waals surface area contributed by atoms with Crippen LogP contribution < -0.4 is 5.73 Å². The fraction of sp³-hybridized carbons (Fsp3) is 0.500. The number of thioether (sulfide) groups is 2. The Morgan fingerprint density at radius 3 is 2.70 bits per heavy atom. The van der Waals surface area contributed by atoms with E-state index in [0.717, 1.165) is 17.7 Å². The number of carbonyl (C=O) groups excluding carboxylic acids is 1. The van der Waals surface area contributed by atoms with E-state index < -0.39 is 0 Å². The standard InChI is InChI=1S/C14H22N2OS2.ClH/c1-16(14(17)13(15)7-8-18-2)10-11-5-4-6-12(9-11)19-3;/h4-6,9,13H,7-8,10,15H2,1-3H3;1H/t13-;/m1./s1. The van der Waals surface area contributed by atoms with Gasteiger partial charge in [-0.15, -0.1) is 24.2 Å². The summed E-state index contributed by atoms with van der Waals surface area (Å²) in [5.74, 6) is 0.937. The van der Waals surface area contributed by atoms with Crippen molar-refractivity contribution >= 4 is 41.8 Å². The fourth-order valence-corrected chi connectivity index (χ4v) is 2.75. The molecule has 114 valence electrons. The predicted molar refractivity (Wildman–Crippen MR) is 92.9 cm³/mol. The maximum atomic E-state index is 12.1. The monoisotopic (exact) mass is 334 g/mol. The van der Waals surface area contributed by atoms with Crippen molar-refractivity contribution in [3.05, 3.63) is 29.8 Å². The van der Waals surface area contributed by atoms with Crippen LogP contribution in [-0.2, 0) is 11.3 Å². The zero-order chi connectivity index (χ0) is 14.3. The average molecular weight is 335 g/mol. The lowest BCUT2D eigenvalue weighted by atomic mass is 10.2. The number of hydrogen-bond acceptors (Lipinski definition) is 4. The van der Waals surface area contributed by atoms with Crippen LogP contribution in [0.15, 0.2) is 29.2 Å². The number of hydrogen-bond donors (Lipinski definition) is 1. The first-order valence-corrected chi connectivity index (χ1v) is 8.82. The third-order valence-electron chi connectivity index (χ3n) is 2.88. The highest BCUT2D eigenvalue weighted by atomic mass is 35.5. The SMILES string of the molecule is CSCC[C@@H](N)C(=O)N(C)Cc1cccc(SC)c1.Cl. The number of nitrogens with zero attached hydrogens (tertiary/aromatic N) is 1. The summed E-state index contributed by atoms with van der Waals surface area (Å²) in [4.78, 5) is 15.0. The topological polar surface area (TPSA) is 46.3 Å². The highest BCUT2D eigenvalue weighted by molar-refractivity contribution is 7.98. The van der Waals surface area contributed by atoms with E-state index in [1.807, 2.05) is 31.7 Å². The predicted octanol–water partition coefficient (Wildman–Crippen LogP) is 2.87. The molecule has 0 spiro atoms. The Hall–Kier alpha value is -0.360. The first-order chi connectivity index (χ1) is 9.08. The summed E-state index contributed by atoms with van der Waals surface area (Å²) in [5.41, 5.74) is 7.04. The largest absolute Gasteiger partial charge is 0.340 e. The molecule has 0 saturated heterocycles. The normalized spacial score (nSPS) is 11.6. The number of likely N-dealkylation sites (N-methyl/N-ethyl adjacent to an activating group) is 1. The third-order valence-corrected chi connectivity index (χ3v) is 4.25. The van der Waals surface area contributed by atoms with Gasteiger partial charge in [-0.05, 0) is 42.4 Å². The van der Waals surface area contributed by atoms with E-state index in [9.17, 15) is 4.79 Å². The van der Waals surface area contributed by atoms with Crippen LogP contribution in [0.25, 0.3) is 0 Å². The van der Waals surface area contributed by atoms with Crippen molar-refractivity contribution in [1.29, 1.82) is 0 Å². The Kier molecular flexibility index (Phi) is 10.2. The van der Waals surface area contributed by atoms with Gasteiger partial charge in [0.2, 0.25) is 5.91 Å². The summed E-state index contributed by atoms with van der Waals surface area (Å²) < 4.78 is 0. The Balaban J connectivity index is 0.00000361.